The maximum Gasteiger partial charge on any atom is 0.363 e. The Balaban J connectivity index is 1.59. The van der Waals surface area contributed by atoms with Gasteiger partial charge in [0.25, 0.3) is 0 Å². The summed E-state index contributed by atoms with van der Waals surface area (Å²) < 4.78 is 20.6. The molecule has 33 heavy (non-hydrogen) atoms. The molecule has 168 valence electrons. The number of aliphatic imine (C=N–C) groups is 1. The number of ether oxygens (including phenoxy) is 3. The Morgan fingerprint density at radius 2 is 1.79 bits per heavy atom. The summed E-state index contributed by atoms with van der Waals surface area (Å²) in [5, 5.41) is 0. The summed E-state index contributed by atoms with van der Waals surface area (Å²) >= 11 is 12.7. The van der Waals surface area contributed by atoms with Crippen molar-refractivity contribution in [2.24, 2.45) is 4.99 Å². The van der Waals surface area contributed by atoms with Gasteiger partial charge in [-0.1, -0.05) is 28.1 Å². The maximum atomic E-state index is 12.4. The summed E-state index contributed by atoms with van der Waals surface area (Å²) in [5.41, 5.74) is 2.67. The van der Waals surface area contributed by atoms with Crippen molar-refractivity contribution in [3.05, 3.63) is 94.0 Å². The number of nitrogens with zero attached hydrogens (tertiary/aromatic N) is 1. The van der Waals surface area contributed by atoms with Gasteiger partial charge in [-0.3, -0.25) is 0 Å². The van der Waals surface area contributed by atoms with Crippen molar-refractivity contribution >= 4 is 88.3 Å². The minimum atomic E-state index is -0.509. The third-order valence-corrected chi connectivity index (χ3v) is 8.09. The van der Waals surface area contributed by atoms with E-state index in [9.17, 15) is 4.79 Å². The monoisotopic (exact) mass is 745 g/mol. The number of methoxy groups -OCH3 is 1. The van der Waals surface area contributed by atoms with Gasteiger partial charge in [0, 0.05) is 18.1 Å². The van der Waals surface area contributed by atoms with E-state index in [1.54, 1.807) is 19.3 Å². The lowest BCUT2D eigenvalue weighted by Crippen LogP contribution is -2.05. The van der Waals surface area contributed by atoms with Crippen LogP contribution in [0.2, 0.25) is 0 Å². The molecule has 0 unspecified atom stereocenters. The Morgan fingerprint density at radius 3 is 2.48 bits per heavy atom. The van der Waals surface area contributed by atoms with E-state index in [0.717, 1.165) is 29.2 Å². The van der Waals surface area contributed by atoms with E-state index in [0.29, 0.717) is 22.6 Å². The van der Waals surface area contributed by atoms with Gasteiger partial charge in [-0.2, -0.15) is 0 Å². The molecule has 3 aromatic carbocycles. The van der Waals surface area contributed by atoms with Crippen LogP contribution in [0.3, 0.4) is 0 Å². The SMILES string of the molecule is COc1cc(/C=C2\N=C(c3ccc(I)c(Br)c3)OC2=O)cc(Br)c1OCc1ccc(Br)cc1. The number of carbonyl (C=O) groups is 1. The molecule has 1 aliphatic heterocycles. The standard InChI is InChI=1S/C24H15Br3INO4/c1-31-21-10-14(8-18(27)22(21)32-12-13-2-5-16(25)6-3-13)9-20-24(30)33-23(29-20)15-4-7-19(28)17(26)11-15/h2-11H,12H2,1H3/b20-9-. The quantitative estimate of drug-likeness (QED) is 0.149. The fraction of sp³-hybridized carbons (Fsp3) is 0.0833. The highest BCUT2D eigenvalue weighted by molar-refractivity contribution is 14.1. The molecule has 0 aromatic heterocycles. The molecular formula is C24H15Br3INO4. The fourth-order valence-corrected chi connectivity index (χ4v) is 4.57. The first-order valence-corrected chi connectivity index (χ1v) is 13.0. The molecule has 0 amide bonds. The molecule has 3 aromatic rings. The number of hydrogen-bond donors (Lipinski definition) is 0. The predicted molar refractivity (Wildman–Crippen MR) is 147 cm³/mol. The first kappa shape index (κ1) is 24.4. The molecule has 0 aliphatic carbocycles. The van der Waals surface area contributed by atoms with Gasteiger partial charge in [0.05, 0.1) is 11.6 Å². The number of halogens is 4. The second-order valence-electron chi connectivity index (χ2n) is 6.91. The van der Waals surface area contributed by atoms with Crippen LogP contribution in [-0.2, 0) is 16.1 Å². The Labute approximate surface area is 229 Å². The summed E-state index contributed by atoms with van der Waals surface area (Å²) in [6, 6.07) is 17.2. The van der Waals surface area contributed by atoms with E-state index in [1.807, 2.05) is 48.5 Å². The number of carbonyl (C=O) groups excluding carboxylic acids is 1. The van der Waals surface area contributed by atoms with Crippen molar-refractivity contribution < 1.29 is 19.0 Å². The molecule has 0 saturated carbocycles. The van der Waals surface area contributed by atoms with Crippen molar-refractivity contribution in [1.29, 1.82) is 0 Å². The van der Waals surface area contributed by atoms with Crippen LogP contribution in [0.4, 0.5) is 0 Å². The van der Waals surface area contributed by atoms with Crippen molar-refractivity contribution in [3.63, 3.8) is 0 Å². The minimum Gasteiger partial charge on any atom is -0.493 e. The molecule has 5 nitrogen and oxygen atoms in total. The van der Waals surface area contributed by atoms with E-state index < -0.39 is 5.97 Å². The second-order valence-corrected chi connectivity index (χ2v) is 10.7. The molecule has 0 spiro atoms. The van der Waals surface area contributed by atoms with Gasteiger partial charge in [-0.05, 0) is 114 Å². The number of esters is 1. The summed E-state index contributed by atoms with van der Waals surface area (Å²) in [7, 11) is 1.57. The zero-order valence-electron chi connectivity index (χ0n) is 17.1. The number of benzene rings is 3. The lowest BCUT2D eigenvalue weighted by molar-refractivity contribution is -0.129. The summed E-state index contributed by atoms with van der Waals surface area (Å²) in [5.74, 6) is 0.865. The first-order chi connectivity index (χ1) is 15.8. The third-order valence-electron chi connectivity index (χ3n) is 4.64. The lowest BCUT2D eigenvalue weighted by atomic mass is 10.1. The summed E-state index contributed by atoms with van der Waals surface area (Å²) in [6.45, 7) is 0.383. The van der Waals surface area contributed by atoms with Crippen molar-refractivity contribution in [1.82, 2.24) is 0 Å². The largest absolute Gasteiger partial charge is 0.493 e. The van der Waals surface area contributed by atoms with E-state index in [1.165, 1.54) is 0 Å². The zero-order chi connectivity index (χ0) is 23.5. The normalized spacial score (nSPS) is 14.3. The topological polar surface area (TPSA) is 57.1 Å². The Morgan fingerprint density at radius 1 is 1.03 bits per heavy atom. The minimum absolute atomic E-state index is 0.206. The predicted octanol–water partition coefficient (Wildman–Crippen LogP) is 7.51. The van der Waals surface area contributed by atoms with E-state index in [4.69, 9.17) is 14.2 Å². The van der Waals surface area contributed by atoms with Gasteiger partial charge in [0.15, 0.2) is 17.2 Å². The van der Waals surface area contributed by atoms with Gasteiger partial charge >= 0.3 is 5.97 Å². The Hall–Kier alpha value is -1.69. The molecule has 4 rings (SSSR count). The lowest BCUT2D eigenvalue weighted by Gasteiger charge is -2.14. The summed E-state index contributed by atoms with van der Waals surface area (Å²) in [4.78, 5) is 16.8. The van der Waals surface area contributed by atoms with Crippen LogP contribution in [0.15, 0.2) is 78.7 Å². The van der Waals surface area contributed by atoms with Crippen molar-refractivity contribution in [2.45, 2.75) is 6.61 Å². The highest BCUT2D eigenvalue weighted by Crippen LogP contribution is 2.38. The molecule has 0 saturated heterocycles. The molecular weight excluding hydrogens is 733 g/mol. The summed E-state index contributed by atoms with van der Waals surface area (Å²) in [6.07, 6.45) is 1.66. The van der Waals surface area contributed by atoms with Crippen LogP contribution in [0.1, 0.15) is 16.7 Å². The molecule has 0 fully saturated rings. The molecule has 0 atom stereocenters. The smallest absolute Gasteiger partial charge is 0.363 e. The number of hydrogen-bond acceptors (Lipinski definition) is 5. The molecule has 0 N–H and O–H groups in total. The van der Waals surface area contributed by atoms with Gasteiger partial charge in [-0.15, -0.1) is 0 Å². The third kappa shape index (κ3) is 5.87. The molecule has 1 aliphatic rings. The average molecular weight is 748 g/mol. The van der Waals surface area contributed by atoms with E-state index in [-0.39, 0.29) is 11.6 Å². The van der Waals surface area contributed by atoms with Crippen LogP contribution in [0, 0.1) is 3.57 Å². The highest BCUT2D eigenvalue weighted by atomic mass is 127. The van der Waals surface area contributed by atoms with Gasteiger partial charge in [-0.25, -0.2) is 9.79 Å². The van der Waals surface area contributed by atoms with Crippen LogP contribution < -0.4 is 9.47 Å². The van der Waals surface area contributed by atoms with Crippen LogP contribution in [0.25, 0.3) is 6.08 Å². The average Bonchev–Trinajstić information content (AvgIpc) is 3.15. The Bertz CT molecular complexity index is 1290. The maximum absolute atomic E-state index is 12.4. The number of rotatable bonds is 6. The van der Waals surface area contributed by atoms with Gasteiger partial charge in [0.1, 0.15) is 6.61 Å². The zero-order valence-corrected chi connectivity index (χ0v) is 24.0. The van der Waals surface area contributed by atoms with Crippen LogP contribution in [0.5, 0.6) is 11.5 Å². The number of cyclic esters (lactones) is 1. The van der Waals surface area contributed by atoms with E-state index in [2.05, 4.69) is 75.4 Å². The van der Waals surface area contributed by atoms with Crippen LogP contribution in [-0.4, -0.2) is 19.0 Å². The molecule has 0 bridgehead atoms. The van der Waals surface area contributed by atoms with E-state index >= 15 is 0 Å². The second kappa shape index (κ2) is 10.7. The first-order valence-electron chi connectivity index (χ1n) is 9.57. The highest BCUT2D eigenvalue weighted by Gasteiger charge is 2.25. The van der Waals surface area contributed by atoms with Crippen molar-refractivity contribution in [3.8, 4) is 11.5 Å². The Kier molecular flexibility index (Phi) is 7.93. The molecule has 0 radical (unpaired) electrons. The van der Waals surface area contributed by atoms with Crippen LogP contribution >= 0.6 is 70.4 Å². The van der Waals surface area contributed by atoms with Gasteiger partial charge in [0.2, 0.25) is 5.90 Å². The van der Waals surface area contributed by atoms with Crippen molar-refractivity contribution in [2.75, 3.05) is 7.11 Å². The van der Waals surface area contributed by atoms with Gasteiger partial charge < -0.3 is 14.2 Å². The molecule has 9 heteroatoms. The fourth-order valence-electron chi connectivity index (χ4n) is 3.02. The molecule has 1 heterocycles.